The van der Waals surface area contributed by atoms with Crippen molar-refractivity contribution in [2.24, 2.45) is 5.92 Å². The van der Waals surface area contributed by atoms with Gasteiger partial charge in [-0.25, -0.2) is 4.98 Å². The molecule has 1 aromatic heterocycles. The fourth-order valence-electron chi connectivity index (χ4n) is 2.24. The minimum Gasteiger partial charge on any atom is -0.355 e. The van der Waals surface area contributed by atoms with Crippen molar-refractivity contribution in [2.45, 2.75) is 39.0 Å². The summed E-state index contributed by atoms with van der Waals surface area (Å²) in [5, 5.41) is 9.57. The number of thiazole rings is 1. The molecule has 2 rings (SSSR count). The lowest BCUT2D eigenvalue weighted by Crippen LogP contribution is -2.41. The number of carbonyl (C=O) groups excluding carboxylic acids is 1. The van der Waals surface area contributed by atoms with Gasteiger partial charge in [0.25, 0.3) is 0 Å². The van der Waals surface area contributed by atoms with Gasteiger partial charge >= 0.3 is 0 Å². The van der Waals surface area contributed by atoms with Crippen molar-refractivity contribution < 1.29 is 4.79 Å². The second kappa shape index (κ2) is 10.4. The molecule has 0 aliphatic carbocycles. The van der Waals surface area contributed by atoms with Crippen molar-refractivity contribution in [2.75, 3.05) is 19.6 Å². The third-order valence-electron chi connectivity index (χ3n) is 3.41. The van der Waals surface area contributed by atoms with Crippen LogP contribution in [0.5, 0.6) is 0 Å². The topological polar surface area (TPSA) is 54.0 Å². The van der Waals surface area contributed by atoms with Crippen LogP contribution >= 0.6 is 36.2 Å². The maximum atomic E-state index is 11.9. The van der Waals surface area contributed by atoms with E-state index in [9.17, 15) is 4.79 Å². The largest absolute Gasteiger partial charge is 0.355 e. The van der Waals surface area contributed by atoms with E-state index in [2.05, 4.69) is 34.8 Å². The smallest absolute Gasteiger partial charge is 0.224 e. The molecular weight excluding hydrogens is 329 g/mol. The Balaban J connectivity index is 0.00000200. The summed E-state index contributed by atoms with van der Waals surface area (Å²) in [4.78, 5) is 16.5. The number of hydrogen-bond donors (Lipinski definition) is 2. The van der Waals surface area contributed by atoms with E-state index in [1.54, 1.807) is 11.3 Å². The molecule has 4 nitrogen and oxygen atoms in total. The Hall–Kier alpha value is -0.360. The molecule has 0 spiro atoms. The summed E-state index contributed by atoms with van der Waals surface area (Å²) in [7, 11) is 0. The van der Waals surface area contributed by atoms with E-state index in [4.69, 9.17) is 0 Å². The summed E-state index contributed by atoms with van der Waals surface area (Å²) in [6.07, 6.45) is 2.93. The molecule has 0 aromatic carbocycles. The highest BCUT2D eigenvalue weighted by molar-refractivity contribution is 7.09. The van der Waals surface area contributed by atoms with Crippen LogP contribution in [0.15, 0.2) is 5.38 Å². The van der Waals surface area contributed by atoms with Crippen molar-refractivity contribution in [3.8, 4) is 0 Å². The van der Waals surface area contributed by atoms with Gasteiger partial charge in [-0.05, 0) is 19.4 Å². The number of nitrogens with zero attached hydrogens (tertiary/aromatic N) is 1. The zero-order chi connectivity index (χ0) is 13.7. The van der Waals surface area contributed by atoms with E-state index in [0.29, 0.717) is 12.5 Å². The zero-order valence-corrected chi connectivity index (χ0v) is 15.0. The van der Waals surface area contributed by atoms with E-state index in [0.717, 1.165) is 38.0 Å². The summed E-state index contributed by atoms with van der Waals surface area (Å²) < 4.78 is 0. The number of nitrogens with one attached hydrogen (secondary N) is 2. The number of amides is 1. The average molecular weight is 354 g/mol. The molecule has 1 atom stereocenters. The third kappa shape index (κ3) is 6.51. The predicted molar refractivity (Wildman–Crippen MR) is 93.0 cm³/mol. The first-order valence-corrected chi connectivity index (χ1v) is 7.97. The first kappa shape index (κ1) is 20.6. The van der Waals surface area contributed by atoms with Crippen LogP contribution in [0.1, 0.15) is 43.3 Å². The first-order chi connectivity index (χ1) is 9.16. The normalized spacial score (nSPS) is 17.8. The molecule has 1 aliphatic rings. The van der Waals surface area contributed by atoms with Crippen LogP contribution in [-0.4, -0.2) is 30.5 Å². The second-order valence-electron chi connectivity index (χ2n) is 5.42. The standard InChI is InChI=1S/C14H23N3OS.2ClH/c1-10(2)14-17-12(9-19-14)5-7-16-13(18)11-4-3-6-15-8-11;;/h9-11,15H,3-8H2,1-2H3,(H,16,18);2*1H. The van der Waals surface area contributed by atoms with Gasteiger partial charge < -0.3 is 10.6 Å². The number of carbonyl (C=O) groups is 1. The Kier molecular flexibility index (Phi) is 10.2. The lowest BCUT2D eigenvalue weighted by Gasteiger charge is -2.21. The summed E-state index contributed by atoms with van der Waals surface area (Å²) >= 11 is 1.71. The minimum atomic E-state index is 0. The van der Waals surface area contributed by atoms with Crippen molar-refractivity contribution in [1.29, 1.82) is 0 Å². The molecular formula is C14H25Cl2N3OS. The van der Waals surface area contributed by atoms with Crippen LogP contribution in [0.2, 0.25) is 0 Å². The molecule has 7 heteroatoms. The van der Waals surface area contributed by atoms with E-state index in [-0.39, 0.29) is 36.6 Å². The van der Waals surface area contributed by atoms with Crippen molar-refractivity contribution in [3.63, 3.8) is 0 Å². The van der Waals surface area contributed by atoms with Gasteiger partial charge in [-0.3, -0.25) is 4.79 Å². The molecule has 1 aliphatic heterocycles. The summed E-state index contributed by atoms with van der Waals surface area (Å²) in [5.41, 5.74) is 1.09. The van der Waals surface area contributed by atoms with Gasteiger partial charge in [0, 0.05) is 30.8 Å². The van der Waals surface area contributed by atoms with Crippen molar-refractivity contribution in [3.05, 3.63) is 16.1 Å². The summed E-state index contributed by atoms with van der Waals surface area (Å²) in [6.45, 7) is 6.86. The zero-order valence-electron chi connectivity index (χ0n) is 12.6. The SMILES string of the molecule is CC(C)c1nc(CCNC(=O)C2CCCNC2)cs1.Cl.Cl. The van der Waals surface area contributed by atoms with Crippen LogP contribution in [-0.2, 0) is 11.2 Å². The molecule has 1 saturated heterocycles. The highest BCUT2D eigenvalue weighted by Gasteiger charge is 2.20. The van der Waals surface area contributed by atoms with Crippen LogP contribution < -0.4 is 10.6 Å². The number of rotatable bonds is 5. The van der Waals surface area contributed by atoms with Gasteiger partial charge in [-0.15, -0.1) is 36.2 Å². The fraction of sp³-hybridized carbons (Fsp3) is 0.714. The molecule has 1 fully saturated rings. The highest BCUT2D eigenvalue weighted by Crippen LogP contribution is 2.19. The molecule has 0 saturated carbocycles. The molecule has 1 amide bonds. The van der Waals surface area contributed by atoms with E-state index in [1.807, 2.05) is 0 Å². The molecule has 0 radical (unpaired) electrons. The fourth-order valence-corrected chi connectivity index (χ4v) is 3.11. The Morgan fingerprint density at radius 1 is 1.52 bits per heavy atom. The Morgan fingerprint density at radius 2 is 2.29 bits per heavy atom. The van der Waals surface area contributed by atoms with Gasteiger partial charge in [-0.1, -0.05) is 13.8 Å². The van der Waals surface area contributed by atoms with Crippen LogP contribution in [0.4, 0.5) is 0 Å². The van der Waals surface area contributed by atoms with Gasteiger partial charge in [0.05, 0.1) is 16.6 Å². The molecule has 2 heterocycles. The lowest BCUT2D eigenvalue weighted by molar-refractivity contribution is -0.125. The van der Waals surface area contributed by atoms with E-state index >= 15 is 0 Å². The number of hydrogen-bond acceptors (Lipinski definition) is 4. The van der Waals surface area contributed by atoms with Crippen LogP contribution in [0.25, 0.3) is 0 Å². The second-order valence-corrected chi connectivity index (χ2v) is 6.31. The summed E-state index contributed by atoms with van der Waals surface area (Å²) in [6, 6.07) is 0. The highest BCUT2D eigenvalue weighted by atomic mass is 35.5. The first-order valence-electron chi connectivity index (χ1n) is 7.09. The van der Waals surface area contributed by atoms with E-state index in [1.165, 1.54) is 5.01 Å². The van der Waals surface area contributed by atoms with E-state index < -0.39 is 0 Å². The third-order valence-corrected chi connectivity index (χ3v) is 4.61. The molecule has 0 bridgehead atoms. The molecule has 2 N–H and O–H groups in total. The number of halogens is 2. The number of piperidine rings is 1. The maximum absolute atomic E-state index is 11.9. The molecule has 1 aromatic rings. The number of aromatic nitrogens is 1. The van der Waals surface area contributed by atoms with Crippen LogP contribution in [0, 0.1) is 5.92 Å². The Morgan fingerprint density at radius 3 is 2.86 bits per heavy atom. The maximum Gasteiger partial charge on any atom is 0.224 e. The summed E-state index contributed by atoms with van der Waals surface area (Å²) in [5.74, 6) is 0.823. The van der Waals surface area contributed by atoms with Gasteiger partial charge in [0.2, 0.25) is 5.91 Å². The average Bonchev–Trinajstić information content (AvgIpc) is 2.89. The molecule has 21 heavy (non-hydrogen) atoms. The Labute approximate surface area is 143 Å². The van der Waals surface area contributed by atoms with Gasteiger partial charge in [-0.2, -0.15) is 0 Å². The monoisotopic (exact) mass is 353 g/mol. The quantitative estimate of drug-likeness (QED) is 0.855. The van der Waals surface area contributed by atoms with Crippen molar-refractivity contribution >= 4 is 42.1 Å². The molecule has 122 valence electrons. The lowest BCUT2D eigenvalue weighted by atomic mass is 9.99. The van der Waals surface area contributed by atoms with Crippen molar-refractivity contribution in [1.82, 2.24) is 15.6 Å². The minimum absolute atomic E-state index is 0. The van der Waals surface area contributed by atoms with Crippen LogP contribution in [0.3, 0.4) is 0 Å². The Bertz CT molecular complexity index is 420. The van der Waals surface area contributed by atoms with Gasteiger partial charge in [0.15, 0.2) is 0 Å². The predicted octanol–water partition coefficient (Wildman–Crippen LogP) is 2.77. The molecule has 1 unspecified atom stereocenters. The van der Waals surface area contributed by atoms with Gasteiger partial charge in [0.1, 0.15) is 0 Å².